The van der Waals surface area contributed by atoms with Crippen molar-refractivity contribution in [1.82, 2.24) is 9.55 Å². The second-order valence-corrected chi connectivity index (χ2v) is 9.87. The second kappa shape index (κ2) is 10.2. The third-order valence-electron chi connectivity index (χ3n) is 5.62. The molecule has 0 unspecified atom stereocenters. The van der Waals surface area contributed by atoms with Crippen molar-refractivity contribution in [1.29, 1.82) is 5.26 Å². The highest BCUT2D eigenvalue weighted by molar-refractivity contribution is 7.99. The highest BCUT2D eigenvalue weighted by Gasteiger charge is 2.24. The molecule has 1 aliphatic carbocycles. The van der Waals surface area contributed by atoms with Crippen molar-refractivity contribution in [3.05, 3.63) is 81.0 Å². The van der Waals surface area contributed by atoms with E-state index in [4.69, 9.17) is 4.98 Å². The van der Waals surface area contributed by atoms with E-state index in [-0.39, 0.29) is 17.2 Å². The van der Waals surface area contributed by atoms with Gasteiger partial charge in [-0.15, -0.1) is 11.3 Å². The zero-order valence-corrected chi connectivity index (χ0v) is 20.7. The molecule has 0 saturated carbocycles. The van der Waals surface area contributed by atoms with Crippen molar-refractivity contribution >= 4 is 50.6 Å². The molecule has 2 heterocycles. The summed E-state index contributed by atoms with van der Waals surface area (Å²) in [6.07, 6.45) is 10.1. The standard InChI is InChI=1S/C26H24N4O2S2/c1-4-6-11-18(5-2)30-25(32)22-19-12-8-13-20(19)34-24(22)29-26(30)33-15-21(31)28-23-16(3)9-7-10-17(23)14-27/h4-7,9-11H,2,8,12-13,15H2,1,3H3,(H,28,31)/b6-4-,18-11+. The lowest BCUT2D eigenvalue weighted by molar-refractivity contribution is -0.113. The van der Waals surface area contributed by atoms with Crippen LogP contribution in [0.3, 0.4) is 0 Å². The first kappa shape index (κ1) is 23.7. The van der Waals surface area contributed by atoms with Gasteiger partial charge in [0.05, 0.1) is 28.1 Å². The van der Waals surface area contributed by atoms with Crippen LogP contribution in [-0.2, 0) is 17.6 Å². The maximum absolute atomic E-state index is 13.7. The lowest BCUT2D eigenvalue weighted by Crippen LogP contribution is -2.23. The van der Waals surface area contributed by atoms with E-state index in [1.54, 1.807) is 34.1 Å². The fourth-order valence-electron chi connectivity index (χ4n) is 4.01. The Kier molecular flexibility index (Phi) is 7.15. The van der Waals surface area contributed by atoms with Crippen molar-refractivity contribution in [3.63, 3.8) is 0 Å². The molecular weight excluding hydrogens is 464 g/mol. The molecule has 0 radical (unpaired) electrons. The summed E-state index contributed by atoms with van der Waals surface area (Å²) in [4.78, 5) is 33.2. The number of carbonyl (C=O) groups is 1. The smallest absolute Gasteiger partial charge is 0.267 e. The van der Waals surface area contributed by atoms with Crippen LogP contribution in [0.15, 0.2) is 59.0 Å². The minimum atomic E-state index is -0.275. The predicted octanol–water partition coefficient (Wildman–Crippen LogP) is 5.46. The van der Waals surface area contributed by atoms with Crippen LogP contribution in [0.4, 0.5) is 5.69 Å². The van der Waals surface area contributed by atoms with Crippen LogP contribution in [0, 0.1) is 18.3 Å². The van der Waals surface area contributed by atoms with E-state index < -0.39 is 0 Å². The summed E-state index contributed by atoms with van der Waals surface area (Å²) in [6, 6.07) is 7.40. The number of nitrogens with zero attached hydrogens (tertiary/aromatic N) is 3. The monoisotopic (exact) mass is 488 g/mol. The van der Waals surface area contributed by atoms with E-state index in [1.807, 2.05) is 38.1 Å². The Morgan fingerprint density at radius 1 is 1.41 bits per heavy atom. The van der Waals surface area contributed by atoms with Gasteiger partial charge in [-0.2, -0.15) is 5.26 Å². The molecule has 4 rings (SSSR count). The van der Waals surface area contributed by atoms with Crippen LogP contribution in [0.2, 0.25) is 0 Å². The van der Waals surface area contributed by atoms with E-state index >= 15 is 0 Å². The number of carbonyl (C=O) groups excluding carboxylic acids is 1. The summed E-state index contributed by atoms with van der Waals surface area (Å²) >= 11 is 2.76. The molecule has 0 spiro atoms. The quantitative estimate of drug-likeness (QED) is 0.271. The van der Waals surface area contributed by atoms with Crippen LogP contribution >= 0.6 is 23.1 Å². The molecule has 3 aromatic rings. The number of para-hydroxylation sites is 1. The maximum atomic E-state index is 13.7. The number of hydrogen-bond donors (Lipinski definition) is 1. The minimum absolute atomic E-state index is 0.0380. The molecule has 172 valence electrons. The second-order valence-electron chi connectivity index (χ2n) is 7.84. The number of allylic oxidation sites excluding steroid dienone is 5. The third-order valence-corrected chi connectivity index (χ3v) is 7.75. The average Bonchev–Trinajstić information content (AvgIpc) is 3.41. The molecule has 1 amide bonds. The van der Waals surface area contributed by atoms with Crippen LogP contribution in [-0.4, -0.2) is 21.2 Å². The van der Waals surface area contributed by atoms with Gasteiger partial charge in [0.15, 0.2) is 5.16 Å². The first-order valence-corrected chi connectivity index (χ1v) is 12.7. The van der Waals surface area contributed by atoms with Gasteiger partial charge in [0.1, 0.15) is 10.9 Å². The van der Waals surface area contributed by atoms with Gasteiger partial charge in [-0.25, -0.2) is 4.98 Å². The van der Waals surface area contributed by atoms with E-state index in [0.717, 1.165) is 30.4 Å². The number of anilines is 1. The minimum Gasteiger partial charge on any atom is -0.324 e. The van der Waals surface area contributed by atoms with Gasteiger partial charge < -0.3 is 5.32 Å². The number of fused-ring (bicyclic) bond motifs is 3. The Balaban J connectivity index is 1.71. The number of aromatic nitrogens is 2. The SMILES string of the molecule is C=C/C(=C\C=C/C)n1c(SCC(=O)Nc2c(C)cccc2C#N)nc2sc3c(c2c1=O)CCC3. The summed E-state index contributed by atoms with van der Waals surface area (Å²) in [5.41, 5.74) is 3.30. The van der Waals surface area contributed by atoms with Crippen molar-refractivity contribution < 1.29 is 4.79 Å². The molecule has 2 aromatic heterocycles. The Labute approximate surface area is 206 Å². The Bertz CT molecular complexity index is 1450. The van der Waals surface area contributed by atoms with Crippen molar-refractivity contribution in [2.75, 3.05) is 11.1 Å². The molecule has 0 atom stereocenters. The number of aryl methyl sites for hydroxylation is 3. The molecule has 0 aliphatic heterocycles. The zero-order chi connectivity index (χ0) is 24.2. The van der Waals surface area contributed by atoms with Crippen molar-refractivity contribution in [3.8, 4) is 6.07 Å². The third kappa shape index (κ3) is 4.49. The van der Waals surface area contributed by atoms with Crippen molar-refractivity contribution in [2.24, 2.45) is 0 Å². The van der Waals surface area contributed by atoms with Gasteiger partial charge in [-0.3, -0.25) is 14.2 Å². The topological polar surface area (TPSA) is 87.8 Å². The van der Waals surface area contributed by atoms with Crippen LogP contribution in [0.25, 0.3) is 15.9 Å². The summed E-state index contributed by atoms with van der Waals surface area (Å²) < 4.78 is 1.55. The maximum Gasteiger partial charge on any atom is 0.267 e. The molecule has 0 fully saturated rings. The fourth-order valence-corrected chi connectivity index (χ4v) is 6.13. The normalized spacial score (nSPS) is 13.3. The van der Waals surface area contributed by atoms with Crippen LogP contribution in [0.5, 0.6) is 0 Å². The summed E-state index contributed by atoms with van der Waals surface area (Å²) in [6.45, 7) is 7.63. The number of rotatable bonds is 7. The molecule has 0 bridgehead atoms. The lowest BCUT2D eigenvalue weighted by Gasteiger charge is -2.14. The van der Waals surface area contributed by atoms with Gasteiger partial charge in [0.2, 0.25) is 5.91 Å². The molecular formula is C26H24N4O2S2. The molecule has 8 heteroatoms. The van der Waals surface area contributed by atoms with E-state index in [2.05, 4.69) is 18.0 Å². The number of amides is 1. The zero-order valence-electron chi connectivity index (χ0n) is 19.1. The number of thioether (sulfide) groups is 1. The first-order chi connectivity index (χ1) is 16.5. The van der Waals surface area contributed by atoms with Gasteiger partial charge in [-0.1, -0.05) is 42.6 Å². The number of thiophene rings is 1. The predicted molar refractivity (Wildman–Crippen MR) is 140 cm³/mol. The number of hydrogen-bond acceptors (Lipinski definition) is 6. The Morgan fingerprint density at radius 2 is 2.24 bits per heavy atom. The molecule has 0 saturated heterocycles. The molecule has 1 N–H and O–H groups in total. The summed E-state index contributed by atoms with van der Waals surface area (Å²) in [7, 11) is 0. The molecule has 6 nitrogen and oxygen atoms in total. The molecule has 1 aliphatic rings. The van der Waals surface area contributed by atoms with Crippen LogP contribution in [0.1, 0.15) is 34.9 Å². The van der Waals surface area contributed by atoms with Crippen molar-refractivity contribution in [2.45, 2.75) is 38.3 Å². The lowest BCUT2D eigenvalue weighted by atomic mass is 10.1. The Hall–Kier alpha value is -3.41. The molecule has 1 aromatic carbocycles. The van der Waals surface area contributed by atoms with Crippen LogP contribution < -0.4 is 10.9 Å². The summed E-state index contributed by atoms with van der Waals surface area (Å²) in [5.74, 6) is -0.237. The van der Waals surface area contributed by atoms with Gasteiger partial charge in [0, 0.05) is 4.88 Å². The number of nitriles is 1. The number of nitrogens with one attached hydrogen (secondary N) is 1. The van der Waals surface area contributed by atoms with E-state index in [1.165, 1.54) is 16.6 Å². The fraction of sp³-hybridized carbons (Fsp3) is 0.231. The molecule has 34 heavy (non-hydrogen) atoms. The number of benzene rings is 1. The van der Waals surface area contributed by atoms with Gasteiger partial charge >= 0.3 is 0 Å². The highest BCUT2D eigenvalue weighted by atomic mass is 32.2. The summed E-state index contributed by atoms with van der Waals surface area (Å²) in [5, 5.41) is 13.3. The Morgan fingerprint density at radius 3 is 2.97 bits per heavy atom. The first-order valence-electron chi connectivity index (χ1n) is 10.9. The van der Waals surface area contributed by atoms with Gasteiger partial charge in [0.25, 0.3) is 5.56 Å². The highest BCUT2D eigenvalue weighted by Crippen LogP contribution is 2.36. The van der Waals surface area contributed by atoms with E-state index in [9.17, 15) is 14.9 Å². The van der Waals surface area contributed by atoms with Gasteiger partial charge in [-0.05, 0) is 62.5 Å². The largest absolute Gasteiger partial charge is 0.324 e. The average molecular weight is 489 g/mol. The van der Waals surface area contributed by atoms with E-state index in [0.29, 0.717) is 32.3 Å².